The number of methoxy groups -OCH3 is 1. The van der Waals surface area contributed by atoms with Crippen molar-refractivity contribution in [3.63, 3.8) is 0 Å². The third kappa shape index (κ3) is 4.60. The van der Waals surface area contributed by atoms with E-state index >= 15 is 0 Å². The fourth-order valence-electron chi connectivity index (χ4n) is 2.36. The Morgan fingerprint density at radius 2 is 2.07 bits per heavy atom. The third-order valence-corrected chi connectivity index (χ3v) is 4.01. The molecule has 7 nitrogen and oxygen atoms in total. The number of anilines is 1. The van der Waals surface area contributed by atoms with E-state index in [1.165, 1.54) is 23.1 Å². The topological polar surface area (TPSA) is 89.3 Å². The van der Waals surface area contributed by atoms with Crippen LogP contribution in [0.15, 0.2) is 48.8 Å². The number of carbonyl (C=O) groups excluding carboxylic acids is 1. The van der Waals surface area contributed by atoms with Crippen LogP contribution < -0.4 is 10.1 Å². The molecule has 1 heterocycles. The monoisotopic (exact) mass is 390 g/mol. The first-order valence-corrected chi connectivity index (χ1v) is 8.32. The fraction of sp³-hybridized carbons (Fsp3) is 0.167. The molecule has 0 fully saturated rings. The van der Waals surface area contributed by atoms with Crippen LogP contribution in [0.2, 0.25) is 5.02 Å². The van der Waals surface area contributed by atoms with Gasteiger partial charge in [0.2, 0.25) is 5.82 Å². The molecule has 0 aliphatic rings. The van der Waals surface area contributed by atoms with Crippen LogP contribution in [0.25, 0.3) is 0 Å². The van der Waals surface area contributed by atoms with E-state index in [4.69, 9.17) is 16.3 Å². The van der Waals surface area contributed by atoms with E-state index in [1.54, 1.807) is 31.4 Å². The van der Waals surface area contributed by atoms with Gasteiger partial charge in [-0.2, -0.15) is 0 Å². The minimum atomic E-state index is -0.845. The summed E-state index contributed by atoms with van der Waals surface area (Å²) in [6, 6.07) is 10.8. The van der Waals surface area contributed by atoms with E-state index in [0.717, 1.165) is 6.07 Å². The van der Waals surface area contributed by atoms with Crippen LogP contribution in [-0.2, 0) is 6.54 Å². The average Bonchev–Trinajstić information content (AvgIpc) is 3.12. The van der Waals surface area contributed by atoms with Crippen LogP contribution in [0, 0.1) is 5.82 Å². The summed E-state index contributed by atoms with van der Waals surface area (Å²) < 4.78 is 20.2. The molecule has 1 amide bonds. The highest BCUT2D eigenvalue weighted by molar-refractivity contribution is 6.30. The van der Waals surface area contributed by atoms with Gasteiger partial charge in [0, 0.05) is 5.02 Å². The van der Waals surface area contributed by atoms with Crippen LogP contribution in [-0.4, -0.2) is 32.9 Å². The molecule has 9 heteroatoms. The van der Waals surface area contributed by atoms with Crippen molar-refractivity contribution in [2.75, 3.05) is 12.4 Å². The quantitative estimate of drug-likeness (QED) is 0.675. The number of ether oxygens (including phenoxy) is 1. The fourth-order valence-corrected chi connectivity index (χ4v) is 2.52. The lowest BCUT2D eigenvalue weighted by Gasteiger charge is -2.11. The van der Waals surface area contributed by atoms with Gasteiger partial charge < -0.3 is 15.2 Å². The maximum Gasteiger partial charge on any atom is 0.295 e. The van der Waals surface area contributed by atoms with E-state index in [9.17, 15) is 14.3 Å². The van der Waals surface area contributed by atoms with Crippen LogP contribution in [0.5, 0.6) is 5.75 Å². The van der Waals surface area contributed by atoms with Gasteiger partial charge in [0.15, 0.2) is 0 Å². The van der Waals surface area contributed by atoms with Gasteiger partial charge in [-0.3, -0.25) is 4.79 Å². The van der Waals surface area contributed by atoms with Crippen molar-refractivity contribution in [2.45, 2.75) is 12.6 Å². The Hall–Kier alpha value is -2.97. The number of nitrogens with one attached hydrogen (secondary N) is 1. The van der Waals surface area contributed by atoms with E-state index in [0.29, 0.717) is 11.3 Å². The number of amides is 1. The summed E-state index contributed by atoms with van der Waals surface area (Å²) >= 11 is 5.68. The number of carbonyl (C=O) groups is 1. The van der Waals surface area contributed by atoms with Crippen LogP contribution in [0.1, 0.15) is 22.3 Å². The smallest absolute Gasteiger partial charge is 0.295 e. The lowest BCUT2D eigenvalue weighted by Crippen LogP contribution is -2.16. The summed E-state index contributed by atoms with van der Waals surface area (Å²) in [4.78, 5) is 16.1. The molecule has 27 heavy (non-hydrogen) atoms. The summed E-state index contributed by atoms with van der Waals surface area (Å²) in [6.07, 6.45) is 0.474. The SMILES string of the molecule is COc1ccc(C(O)Cn2cnc(C(=O)Nc3ccc(Cl)cc3F)n2)cc1. The van der Waals surface area contributed by atoms with Crippen LogP contribution in [0.4, 0.5) is 10.1 Å². The molecule has 0 saturated heterocycles. The number of aliphatic hydroxyl groups excluding tert-OH is 1. The maximum atomic E-state index is 13.8. The number of hydrogen-bond acceptors (Lipinski definition) is 5. The number of rotatable bonds is 6. The molecular weight excluding hydrogens is 375 g/mol. The van der Waals surface area contributed by atoms with Gasteiger partial charge in [-0.1, -0.05) is 23.7 Å². The molecular formula is C18H16ClFN4O3. The molecule has 0 aliphatic heterocycles. The second-order valence-corrected chi connectivity index (χ2v) is 6.09. The molecule has 1 aromatic heterocycles. The number of benzene rings is 2. The van der Waals surface area contributed by atoms with Crippen molar-refractivity contribution in [2.24, 2.45) is 0 Å². The lowest BCUT2D eigenvalue weighted by atomic mass is 10.1. The van der Waals surface area contributed by atoms with E-state index in [2.05, 4.69) is 15.4 Å². The number of halogens is 2. The van der Waals surface area contributed by atoms with Gasteiger partial charge in [-0.25, -0.2) is 14.1 Å². The first kappa shape index (κ1) is 18.8. The molecule has 3 aromatic rings. The zero-order chi connectivity index (χ0) is 19.4. The predicted octanol–water partition coefficient (Wildman–Crippen LogP) is 3.07. The standard InChI is InChI=1S/C18H16ClFN4O3/c1-27-13-5-2-11(3-6-13)16(25)9-24-10-21-17(23-24)18(26)22-15-7-4-12(19)8-14(15)20/h2-8,10,16,25H,9H2,1H3,(H,22,26). The van der Waals surface area contributed by atoms with E-state index in [1.807, 2.05) is 0 Å². The highest BCUT2D eigenvalue weighted by Crippen LogP contribution is 2.20. The van der Waals surface area contributed by atoms with E-state index in [-0.39, 0.29) is 23.1 Å². The first-order valence-electron chi connectivity index (χ1n) is 7.94. The minimum absolute atomic E-state index is 0.0287. The second kappa shape index (κ2) is 8.15. The summed E-state index contributed by atoms with van der Waals surface area (Å²) in [6.45, 7) is 0.0991. The number of hydrogen-bond donors (Lipinski definition) is 2. The highest BCUT2D eigenvalue weighted by Gasteiger charge is 2.16. The zero-order valence-corrected chi connectivity index (χ0v) is 15.0. The van der Waals surface area contributed by atoms with E-state index < -0.39 is 17.8 Å². The average molecular weight is 391 g/mol. The Balaban J connectivity index is 1.65. The van der Waals surface area contributed by atoms with Gasteiger partial charge in [0.1, 0.15) is 17.9 Å². The van der Waals surface area contributed by atoms with Gasteiger partial charge in [-0.05, 0) is 35.9 Å². The first-order chi connectivity index (χ1) is 13.0. The summed E-state index contributed by atoms with van der Waals surface area (Å²) in [7, 11) is 1.56. The normalized spacial score (nSPS) is 11.9. The zero-order valence-electron chi connectivity index (χ0n) is 14.3. The molecule has 0 radical (unpaired) electrons. The van der Waals surface area contributed by atoms with Crippen molar-refractivity contribution in [3.05, 3.63) is 71.0 Å². The molecule has 0 bridgehead atoms. The second-order valence-electron chi connectivity index (χ2n) is 5.66. The van der Waals surface area contributed by atoms with Crippen molar-refractivity contribution in [1.29, 1.82) is 0 Å². The van der Waals surface area contributed by atoms with Crippen molar-refractivity contribution < 1.29 is 19.0 Å². The predicted molar refractivity (Wildman–Crippen MR) is 97.3 cm³/mol. The van der Waals surface area contributed by atoms with Gasteiger partial charge >= 0.3 is 0 Å². The largest absolute Gasteiger partial charge is 0.497 e. The summed E-state index contributed by atoms with van der Waals surface area (Å²) in [5, 5.41) is 16.9. The molecule has 0 aliphatic carbocycles. The number of nitrogens with zero attached hydrogens (tertiary/aromatic N) is 3. The van der Waals surface area contributed by atoms with Crippen LogP contribution in [0.3, 0.4) is 0 Å². The Morgan fingerprint density at radius 1 is 1.33 bits per heavy atom. The third-order valence-electron chi connectivity index (χ3n) is 3.78. The summed E-state index contributed by atoms with van der Waals surface area (Å²) in [5.74, 6) is -0.800. The number of aliphatic hydroxyl groups is 1. The Labute approximate surface area is 159 Å². The van der Waals surface area contributed by atoms with Gasteiger partial charge in [-0.15, -0.1) is 5.10 Å². The Kier molecular flexibility index (Phi) is 5.68. The summed E-state index contributed by atoms with van der Waals surface area (Å²) in [5.41, 5.74) is 0.638. The van der Waals surface area contributed by atoms with Crippen LogP contribution >= 0.6 is 11.6 Å². The van der Waals surface area contributed by atoms with Crippen molar-refractivity contribution in [3.8, 4) is 5.75 Å². The lowest BCUT2D eigenvalue weighted by molar-refractivity contribution is 0.101. The van der Waals surface area contributed by atoms with Gasteiger partial charge in [0.05, 0.1) is 25.4 Å². The molecule has 2 N–H and O–H groups in total. The molecule has 0 spiro atoms. The van der Waals surface area contributed by atoms with Crippen molar-refractivity contribution >= 4 is 23.2 Å². The minimum Gasteiger partial charge on any atom is -0.497 e. The van der Waals surface area contributed by atoms with Crippen molar-refractivity contribution in [1.82, 2.24) is 14.8 Å². The molecule has 1 atom stereocenters. The molecule has 140 valence electrons. The molecule has 0 saturated carbocycles. The maximum absolute atomic E-state index is 13.8. The Bertz CT molecular complexity index is 946. The number of aromatic nitrogens is 3. The molecule has 1 unspecified atom stereocenters. The van der Waals surface area contributed by atoms with Gasteiger partial charge in [0.25, 0.3) is 5.91 Å². The highest BCUT2D eigenvalue weighted by atomic mass is 35.5. The Morgan fingerprint density at radius 3 is 2.74 bits per heavy atom. The molecule has 2 aromatic carbocycles. The molecule has 3 rings (SSSR count).